The van der Waals surface area contributed by atoms with Crippen LogP contribution in [0, 0.1) is 0 Å². The third kappa shape index (κ3) is 5.25. The lowest BCUT2D eigenvalue weighted by atomic mass is 10.2. The summed E-state index contributed by atoms with van der Waals surface area (Å²) in [6, 6.07) is 0.0354. The molecule has 2 rings (SSSR count). The Balaban J connectivity index is 0.00000144. The van der Waals surface area contributed by atoms with Gasteiger partial charge in [0.1, 0.15) is 0 Å². The predicted octanol–water partition coefficient (Wildman–Crippen LogP) is 0.985. The third-order valence-corrected chi connectivity index (χ3v) is 2.83. The van der Waals surface area contributed by atoms with Crippen molar-refractivity contribution in [3.63, 3.8) is 0 Å². The van der Waals surface area contributed by atoms with Crippen LogP contribution in [0.2, 0.25) is 0 Å². The summed E-state index contributed by atoms with van der Waals surface area (Å²) in [5, 5.41) is 6.14. The monoisotopic (exact) mass is 294 g/mol. The van der Waals surface area contributed by atoms with Crippen LogP contribution in [0.15, 0.2) is 18.7 Å². The highest BCUT2D eigenvalue weighted by Crippen LogP contribution is 2.04. The smallest absolute Gasteiger partial charge is 0.237 e. The van der Waals surface area contributed by atoms with Crippen molar-refractivity contribution in [2.24, 2.45) is 0 Å². The van der Waals surface area contributed by atoms with E-state index in [9.17, 15) is 4.79 Å². The van der Waals surface area contributed by atoms with Crippen LogP contribution in [-0.4, -0.2) is 34.6 Å². The van der Waals surface area contributed by atoms with Gasteiger partial charge >= 0.3 is 0 Å². The van der Waals surface area contributed by atoms with Gasteiger partial charge < -0.3 is 15.2 Å². The van der Waals surface area contributed by atoms with Gasteiger partial charge in [0.2, 0.25) is 5.91 Å². The Morgan fingerprint density at radius 2 is 2.33 bits per heavy atom. The summed E-state index contributed by atoms with van der Waals surface area (Å²) in [5.41, 5.74) is 0. The van der Waals surface area contributed by atoms with E-state index in [4.69, 9.17) is 0 Å². The first-order valence-electron chi connectivity index (χ1n) is 5.83. The molecule has 1 aliphatic rings. The molecule has 5 nitrogen and oxygen atoms in total. The molecule has 1 aromatic heterocycles. The predicted molar refractivity (Wildman–Crippen MR) is 75.4 cm³/mol. The summed E-state index contributed by atoms with van der Waals surface area (Å²) < 4.78 is 2.01. The zero-order chi connectivity index (χ0) is 11.2. The molecule has 1 atom stereocenters. The first-order valence-corrected chi connectivity index (χ1v) is 5.83. The summed E-state index contributed by atoms with van der Waals surface area (Å²) in [7, 11) is 0. The molecule has 0 saturated carbocycles. The van der Waals surface area contributed by atoms with Crippen LogP contribution >= 0.6 is 24.8 Å². The average Bonchev–Trinajstić information content (AvgIpc) is 2.96. The highest BCUT2D eigenvalue weighted by atomic mass is 35.5. The Labute approximate surface area is 120 Å². The lowest BCUT2D eigenvalue weighted by Gasteiger charge is -2.10. The van der Waals surface area contributed by atoms with E-state index in [2.05, 4.69) is 15.6 Å². The molecule has 1 aromatic rings. The van der Waals surface area contributed by atoms with Gasteiger partial charge in [-0.25, -0.2) is 4.98 Å². The van der Waals surface area contributed by atoms with Crippen molar-refractivity contribution >= 4 is 30.7 Å². The minimum absolute atomic E-state index is 0. The fourth-order valence-electron chi connectivity index (χ4n) is 1.92. The molecular formula is C11H20Cl2N4O. The van der Waals surface area contributed by atoms with E-state index in [1.807, 2.05) is 10.8 Å². The van der Waals surface area contributed by atoms with Crippen molar-refractivity contribution in [3.8, 4) is 0 Å². The molecule has 0 unspecified atom stereocenters. The van der Waals surface area contributed by atoms with Crippen molar-refractivity contribution in [2.45, 2.75) is 31.8 Å². The molecule has 1 amide bonds. The van der Waals surface area contributed by atoms with E-state index < -0.39 is 0 Å². The van der Waals surface area contributed by atoms with E-state index in [1.54, 1.807) is 12.5 Å². The standard InChI is InChI=1S/C11H18N4O.2ClH/c16-11(10-3-1-4-13-10)14-5-2-7-15-8-6-12-9-15;;/h6,8-10,13H,1-5,7H2,(H,14,16);2*1H/t10-;;/m0../s1. The second-order valence-corrected chi connectivity index (χ2v) is 4.09. The van der Waals surface area contributed by atoms with Crippen LogP contribution in [0.25, 0.3) is 0 Å². The molecule has 0 spiro atoms. The van der Waals surface area contributed by atoms with Gasteiger partial charge in [0.05, 0.1) is 12.4 Å². The molecule has 104 valence electrons. The third-order valence-electron chi connectivity index (χ3n) is 2.83. The maximum atomic E-state index is 11.6. The van der Waals surface area contributed by atoms with Crippen molar-refractivity contribution in [3.05, 3.63) is 18.7 Å². The Morgan fingerprint density at radius 3 is 2.94 bits per heavy atom. The molecule has 0 aromatic carbocycles. The number of nitrogens with one attached hydrogen (secondary N) is 2. The molecule has 0 radical (unpaired) electrons. The molecular weight excluding hydrogens is 275 g/mol. The van der Waals surface area contributed by atoms with E-state index in [1.165, 1.54) is 0 Å². The highest BCUT2D eigenvalue weighted by molar-refractivity contribution is 5.85. The lowest BCUT2D eigenvalue weighted by molar-refractivity contribution is -0.122. The maximum absolute atomic E-state index is 11.6. The van der Waals surface area contributed by atoms with Gasteiger partial charge in [-0.2, -0.15) is 0 Å². The van der Waals surface area contributed by atoms with Gasteiger partial charge in [-0.15, -0.1) is 24.8 Å². The Kier molecular flexibility index (Phi) is 8.79. The Hall–Kier alpha value is -0.780. The lowest BCUT2D eigenvalue weighted by Crippen LogP contribution is -2.40. The second-order valence-electron chi connectivity index (χ2n) is 4.09. The first kappa shape index (κ1) is 17.2. The number of rotatable bonds is 5. The minimum Gasteiger partial charge on any atom is -0.355 e. The van der Waals surface area contributed by atoms with Crippen LogP contribution in [0.5, 0.6) is 0 Å². The molecule has 1 saturated heterocycles. The number of hydrogen-bond donors (Lipinski definition) is 2. The maximum Gasteiger partial charge on any atom is 0.237 e. The molecule has 7 heteroatoms. The van der Waals surface area contributed by atoms with Gasteiger partial charge in [0.15, 0.2) is 0 Å². The minimum atomic E-state index is 0. The van der Waals surface area contributed by atoms with Crippen LogP contribution < -0.4 is 10.6 Å². The van der Waals surface area contributed by atoms with Crippen LogP contribution in [0.3, 0.4) is 0 Å². The molecule has 1 aliphatic heterocycles. The summed E-state index contributed by atoms with van der Waals surface area (Å²) in [4.78, 5) is 15.6. The molecule has 18 heavy (non-hydrogen) atoms. The summed E-state index contributed by atoms with van der Waals surface area (Å²) in [6.07, 6.45) is 8.50. The van der Waals surface area contributed by atoms with Gasteiger partial charge in [-0.3, -0.25) is 4.79 Å². The normalized spacial score (nSPS) is 17.7. The van der Waals surface area contributed by atoms with Crippen molar-refractivity contribution < 1.29 is 4.79 Å². The van der Waals surface area contributed by atoms with Gasteiger partial charge in [0, 0.05) is 25.5 Å². The molecule has 2 heterocycles. The fraction of sp³-hybridized carbons (Fsp3) is 0.636. The van der Waals surface area contributed by atoms with Gasteiger partial charge in [-0.1, -0.05) is 0 Å². The highest BCUT2D eigenvalue weighted by Gasteiger charge is 2.20. The van der Waals surface area contributed by atoms with Crippen molar-refractivity contribution in [1.82, 2.24) is 20.2 Å². The van der Waals surface area contributed by atoms with Gasteiger partial charge in [-0.05, 0) is 25.8 Å². The van der Waals surface area contributed by atoms with Gasteiger partial charge in [0.25, 0.3) is 0 Å². The van der Waals surface area contributed by atoms with E-state index >= 15 is 0 Å². The Bertz CT molecular complexity index is 326. The molecule has 2 N–H and O–H groups in total. The van der Waals surface area contributed by atoms with Crippen molar-refractivity contribution in [2.75, 3.05) is 13.1 Å². The van der Waals surface area contributed by atoms with Crippen molar-refractivity contribution in [1.29, 1.82) is 0 Å². The zero-order valence-corrected chi connectivity index (χ0v) is 11.8. The number of halogens is 2. The van der Waals surface area contributed by atoms with E-state index in [0.29, 0.717) is 0 Å². The number of aromatic nitrogens is 2. The number of imidazole rings is 1. The Morgan fingerprint density at radius 1 is 1.50 bits per heavy atom. The van der Waals surface area contributed by atoms with E-state index in [0.717, 1.165) is 38.9 Å². The molecule has 0 aliphatic carbocycles. The number of amides is 1. The molecule has 0 bridgehead atoms. The summed E-state index contributed by atoms with van der Waals surface area (Å²) >= 11 is 0. The quantitative estimate of drug-likeness (QED) is 0.796. The van der Waals surface area contributed by atoms with Crippen LogP contribution in [0.1, 0.15) is 19.3 Å². The first-order chi connectivity index (χ1) is 7.86. The second kappa shape index (κ2) is 9.19. The topological polar surface area (TPSA) is 59.0 Å². The number of nitrogens with zero attached hydrogens (tertiary/aromatic N) is 2. The number of hydrogen-bond acceptors (Lipinski definition) is 3. The summed E-state index contributed by atoms with van der Waals surface area (Å²) in [6.45, 7) is 2.60. The largest absolute Gasteiger partial charge is 0.355 e. The SMILES string of the molecule is Cl.Cl.O=C(NCCCn1ccnc1)[C@@H]1CCCN1. The number of carbonyl (C=O) groups is 1. The average molecular weight is 295 g/mol. The number of carbonyl (C=O) groups excluding carboxylic acids is 1. The van der Waals surface area contributed by atoms with E-state index in [-0.39, 0.29) is 36.8 Å². The number of aryl methyl sites for hydroxylation is 1. The summed E-state index contributed by atoms with van der Waals surface area (Å²) in [5.74, 6) is 0.142. The van der Waals surface area contributed by atoms with Crippen LogP contribution in [0.4, 0.5) is 0 Å². The fourth-order valence-corrected chi connectivity index (χ4v) is 1.92. The zero-order valence-electron chi connectivity index (χ0n) is 10.2. The van der Waals surface area contributed by atoms with Crippen LogP contribution in [-0.2, 0) is 11.3 Å². The molecule has 1 fully saturated rings.